The van der Waals surface area contributed by atoms with Crippen LogP contribution in [0, 0.1) is 36.4 Å². The summed E-state index contributed by atoms with van der Waals surface area (Å²) < 4.78 is 32.5. The maximum Gasteiger partial charge on any atom is 0.411 e. The Bertz CT molecular complexity index is 3200. The van der Waals surface area contributed by atoms with Gasteiger partial charge in [0.05, 0.1) is 41.1 Å². The summed E-state index contributed by atoms with van der Waals surface area (Å²) in [5, 5.41) is 18.4. The molecule has 5 heterocycles. The van der Waals surface area contributed by atoms with E-state index in [1.165, 1.54) is 28.0 Å². The second-order valence-electron chi connectivity index (χ2n) is 23.3. The number of benzene rings is 2. The lowest BCUT2D eigenvalue weighted by Crippen LogP contribution is -2.44. The van der Waals surface area contributed by atoms with Crippen LogP contribution in [0.25, 0.3) is 16.6 Å². The van der Waals surface area contributed by atoms with Crippen molar-refractivity contribution < 1.29 is 62.1 Å². The number of esters is 1. The number of carbonyl (C=O) groups excluding carboxylic acids is 8. The number of nitrogens with one attached hydrogen (secondary N) is 2. The Morgan fingerprint density at radius 1 is 0.963 bits per heavy atom. The number of imide groups is 1. The third-order valence-corrected chi connectivity index (χ3v) is 17.2. The molecule has 0 radical (unpaired) electrons. The van der Waals surface area contributed by atoms with Gasteiger partial charge in [0.25, 0.3) is 11.8 Å². The molecule has 0 spiro atoms. The van der Waals surface area contributed by atoms with Gasteiger partial charge in [-0.25, -0.2) is 19.0 Å². The van der Waals surface area contributed by atoms with E-state index in [1.807, 2.05) is 37.7 Å². The van der Waals surface area contributed by atoms with Crippen molar-refractivity contribution in [2.75, 3.05) is 53.6 Å². The first-order valence-electron chi connectivity index (χ1n) is 28.4. The normalized spacial score (nSPS) is 21.7. The Balaban J connectivity index is 0.764. The lowest BCUT2D eigenvalue weighted by Gasteiger charge is -2.39. The molecule has 2 aromatic carbocycles. The lowest BCUT2D eigenvalue weighted by molar-refractivity contribution is -0.141. The number of hydrogen-bond donors (Lipinski definition) is 3. The second kappa shape index (κ2) is 24.6. The van der Waals surface area contributed by atoms with Crippen LogP contribution >= 0.6 is 0 Å². The number of Topliss-reactive ketones (excluding diaryl/α,β-unsaturated/α-hetero) is 2. The molecule has 4 aliphatic heterocycles. The zero-order valence-corrected chi connectivity index (χ0v) is 47.9. The lowest BCUT2D eigenvalue weighted by atomic mass is 9.77. The van der Waals surface area contributed by atoms with Gasteiger partial charge >= 0.3 is 12.1 Å². The number of amides is 5. The van der Waals surface area contributed by atoms with Crippen molar-refractivity contribution in [3.63, 3.8) is 0 Å². The number of likely N-dealkylation sites (N-methyl/N-ethyl adjacent to an activating group) is 1. The maximum atomic E-state index is 15.5. The fourth-order valence-electron chi connectivity index (χ4n) is 12.2. The number of aliphatic hydroxyl groups is 1. The largest absolute Gasteiger partial charge is 0.444 e. The molecule has 9 rings (SSSR count). The molecule has 0 unspecified atom stereocenters. The molecule has 6 aliphatic rings. The van der Waals surface area contributed by atoms with E-state index in [0.29, 0.717) is 103 Å². The smallest absolute Gasteiger partial charge is 0.411 e. The Kier molecular flexibility index (Phi) is 17.7. The molecular weight excluding hydrogens is 1050 g/mol. The molecule has 82 heavy (non-hydrogen) atoms. The molecular formula is C62H74FN7O12. The molecule has 3 aromatic rings. The van der Waals surface area contributed by atoms with Gasteiger partial charge in [0.2, 0.25) is 11.8 Å². The number of fused-ring (bicyclic) bond motifs is 4. The van der Waals surface area contributed by atoms with Crippen molar-refractivity contribution in [2.45, 2.75) is 123 Å². The summed E-state index contributed by atoms with van der Waals surface area (Å²) in [6, 6.07) is 7.10. The van der Waals surface area contributed by atoms with E-state index < -0.39 is 41.6 Å². The molecule has 3 N–H and O–H groups in total. The SMILES string of the molecule is C=C1OC(=O)C2=C(C=C3c4nc5cc(F)c(C)c6c5c(c4CN3C2)[C@@H](NC(=O)COCN(CCN(C)C)C(=O)OCc2ccc(CC(=O)[C@H](C)NC(=O)[C@@H](CC(=O)C3CCC(CN4C(=O)C=CC4=O)CC3)C(C)C)cc2)CC6)[C@@]1(O)CC. The predicted molar refractivity (Wildman–Crippen MR) is 300 cm³/mol. The highest BCUT2D eigenvalue weighted by Gasteiger charge is 2.48. The summed E-state index contributed by atoms with van der Waals surface area (Å²) in [5.74, 6) is -3.49. The van der Waals surface area contributed by atoms with Crippen LogP contribution in [0.5, 0.6) is 0 Å². The summed E-state index contributed by atoms with van der Waals surface area (Å²) in [6.07, 6.45) is 7.55. The van der Waals surface area contributed by atoms with Gasteiger partial charge in [-0.15, -0.1) is 0 Å². The van der Waals surface area contributed by atoms with Crippen LogP contribution in [-0.2, 0) is 73.8 Å². The summed E-state index contributed by atoms with van der Waals surface area (Å²) in [6.45, 7) is 13.5. The number of cyclic esters (lactones) is 1. The standard InChI is InChI=1S/C62H74FN7O12/c1-9-62(79)37(6)82-60(77)44-29-69-30-45-57-48(19-18-42-35(4)47(63)27-49(56(42)57)66-58(45)50(69)26-46(44)62)65-53(73)32-80-33-68(23-22-67(7)8)61(78)81-31-40-12-10-38(11-13-40)24-51(71)36(5)64-59(76)43(34(2)3)25-52(72)41-16-14-39(15-17-41)28-70-54(74)20-21-55(70)75/h10-13,20-21,26-27,34,36,39,41,43,48,79H,6,9,14-19,22-25,28-33H2,1-5,7-8H3,(H,64,76)(H,65,73)/t36-,39?,41?,43-,48-,62+/m0/s1. The Labute approximate surface area is 476 Å². The highest BCUT2D eigenvalue weighted by Crippen LogP contribution is 2.49. The fourth-order valence-corrected chi connectivity index (χ4v) is 12.2. The summed E-state index contributed by atoms with van der Waals surface area (Å²) in [4.78, 5) is 116. The van der Waals surface area contributed by atoms with Gasteiger partial charge < -0.3 is 39.8 Å². The zero-order valence-electron chi connectivity index (χ0n) is 47.9. The molecule has 1 aromatic heterocycles. The van der Waals surface area contributed by atoms with Crippen LogP contribution in [0.15, 0.2) is 72.0 Å². The van der Waals surface area contributed by atoms with Gasteiger partial charge in [-0.2, -0.15) is 0 Å². The number of ether oxygens (including phenoxy) is 3. The third-order valence-electron chi connectivity index (χ3n) is 17.2. The molecule has 4 atom stereocenters. The first kappa shape index (κ1) is 59.2. The minimum atomic E-state index is -1.60. The molecule has 20 heteroatoms. The highest BCUT2D eigenvalue weighted by molar-refractivity contribution is 6.13. The minimum absolute atomic E-state index is 0.00693. The first-order chi connectivity index (χ1) is 39.0. The third kappa shape index (κ3) is 12.3. The number of hydrogen-bond acceptors (Lipinski definition) is 15. The monoisotopic (exact) mass is 1130 g/mol. The van der Waals surface area contributed by atoms with E-state index in [0.717, 1.165) is 22.1 Å². The van der Waals surface area contributed by atoms with Crippen molar-refractivity contribution in [1.29, 1.82) is 0 Å². The van der Waals surface area contributed by atoms with Crippen LogP contribution in [0.1, 0.15) is 118 Å². The number of nitrogens with zero attached hydrogens (tertiary/aromatic N) is 5. The van der Waals surface area contributed by atoms with Gasteiger partial charge in [-0.05, 0) is 119 Å². The highest BCUT2D eigenvalue weighted by atomic mass is 19.1. The van der Waals surface area contributed by atoms with E-state index in [1.54, 1.807) is 51.1 Å². The van der Waals surface area contributed by atoms with E-state index in [-0.39, 0.29) is 111 Å². The quantitative estimate of drug-likeness (QED) is 0.0576. The summed E-state index contributed by atoms with van der Waals surface area (Å²) >= 11 is 0. The van der Waals surface area contributed by atoms with Crippen LogP contribution in [-0.4, -0.2) is 142 Å². The van der Waals surface area contributed by atoms with Gasteiger partial charge in [0.15, 0.2) is 5.78 Å². The number of aromatic nitrogens is 1. The van der Waals surface area contributed by atoms with Gasteiger partial charge in [0, 0.05) is 85.6 Å². The van der Waals surface area contributed by atoms with Crippen molar-refractivity contribution in [2.24, 2.45) is 23.7 Å². The molecule has 5 amide bonds. The number of halogens is 1. The van der Waals surface area contributed by atoms with E-state index in [4.69, 9.17) is 19.2 Å². The van der Waals surface area contributed by atoms with Crippen LogP contribution in [0.2, 0.25) is 0 Å². The van der Waals surface area contributed by atoms with Crippen molar-refractivity contribution in [3.05, 3.63) is 117 Å². The average Bonchev–Trinajstić information content (AvgIpc) is 2.62. The first-order valence-corrected chi connectivity index (χ1v) is 28.4. The van der Waals surface area contributed by atoms with Gasteiger partial charge in [0.1, 0.15) is 42.9 Å². The Morgan fingerprint density at radius 3 is 2.33 bits per heavy atom. The molecule has 19 nitrogen and oxygen atoms in total. The Morgan fingerprint density at radius 2 is 1.66 bits per heavy atom. The number of ketones is 2. The van der Waals surface area contributed by atoms with E-state index in [9.17, 15) is 43.5 Å². The van der Waals surface area contributed by atoms with Gasteiger partial charge in [-0.3, -0.25) is 38.6 Å². The van der Waals surface area contributed by atoms with Gasteiger partial charge in [-0.1, -0.05) is 51.6 Å². The number of pyridine rings is 1. The van der Waals surface area contributed by atoms with Crippen LogP contribution in [0.4, 0.5) is 9.18 Å². The van der Waals surface area contributed by atoms with Crippen molar-refractivity contribution in [1.82, 2.24) is 35.2 Å². The van der Waals surface area contributed by atoms with E-state index in [2.05, 4.69) is 17.2 Å². The number of carbonyl (C=O) groups is 8. The van der Waals surface area contributed by atoms with E-state index >= 15 is 4.39 Å². The topological polar surface area (TPSA) is 234 Å². The molecule has 0 saturated heterocycles. The number of aryl methyl sites for hydroxylation is 1. The van der Waals surface area contributed by atoms with Crippen molar-refractivity contribution >= 4 is 63.9 Å². The molecule has 436 valence electrons. The summed E-state index contributed by atoms with van der Waals surface area (Å²) in [5.41, 5.74) is 5.09. The van der Waals surface area contributed by atoms with Crippen molar-refractivity contribution in [3.8, 4) is 0 Å². The maximum absolute atomic E-state index is 15.5. The Hall–Kier alpha value is -7.42. The molecule has 1 saturated carbocycles. The fraction of sp³-hybridized carbons (Fsp3) is 0.500. The van der Waals surface area contributed by atoms with Crippen LogP contribution < -0.4 is 10.6 Å². The molecule has 1 fully saturated rings. The second-order valence-corrected chi connectivity index (χ2v) is 23.3. The zero-order chi connectivity index (χ0) is 58.9. The summed E-state index contributed by atoms with van der Waals surface area (Å²) in [7, 11) is 3.72. The molecule has 2 aliphatic carbocycles. The predicted octanol–water partition coefficient (Wildman–Crippen LogP) is 6.22. The van der Waals surface area contributed by atoms with Crippen LogP contribution in [0.3, 0.4) is 0 Å². The number of rotatable bonds is 22. The average molecular weight is 1130 g/mol. The molecule has 0 bridgehead atoms. The minimum Gasteiger partial charge on any atom is -0.444 e.